The summed E-state index contributed by atoms with van der Waals surface area (Å²) in [6.07, 6.45) is 6.91. The van der Waals surface area contributed by atoms with Gasteiger partial charge in [0.15, 0.2) is 0 Å². The average molecular weight is 263 g/mol. The first-order valence-corrected chi connectivity index (χ1v) is 6.63. The maximum Gasteiger partial charge on any atom is 0.319 e. The lowest BCUT2D eigenvalue weighted by atomic mass is 9.80. The monoisotopic (exact) mass is 263 g/mol. The number of nitrogens with one attached hydrogen (secondary N) is 2. The summed E-state index contributed by atoms with van der Waals surface area (Å²) >= 11 is 0. The fraction of sp³-hybridized carbons (Fsp3) is 0.615. The van der Waals surface area contributed by atoms with E-state index < -0.39 is 0 Å². The predicted molar refractivity (Wildman–Crippen MR) is 75.3 cm³/mol. The van der Waals surface area contributed by atoms with Crippen molar-refractivity contribution in [1.82, 2.24) is 15.3 Å². The molecule has 2 amide bonds. The van der Waals surface area contributed by atoms with Crippen molar-refractivity contribution < 1.29 is 4.79 Å². The van der Waals surface area contributed by atoms with Crippen molar-refractivity contribution in [2.24, 2.45) is 5.92 Å². The lowest BCUT2D eigenvalue weighted by Gasteiger charge is -2.31. The van der Waals surface area contributed by atoms with Crippen LogP contribution >= 0.6 is 0 Å². The summed E-state index contributed by atoms with van der Waals surface area (Å²) in [5.74, 6) is 1.24. The van der Waals surface area contributed by atoms with Gasteiger partial charge in [0.25, 0.3) is 0 Å². The van der Waals surface area contributed by atoms with Crippen LogP contribution in [0.1, 0.15) is 26.2 Å². The quantitative estimate of drug-likeness (QED) is 0.869. The van der Waals surface area contributed by atoms with Crippen LogP contribution in [0.2, 0.25) is 0 Å². The largest absolute Gasteiger partial charge is 0.347 e. The first-order chi connectivity index (χ1) is 9.06. The van der Waals surface area contributed by atoms with Gasteiger partial charge >= 0.3 is 6.03 Å². The summed E-state index contributed by atoms with van der Waals surface area (Å²) in [6.45, 7) is 2.05. The lowest BCUT2D eigenvalue weighted by molar-refractivity contribution is 0.222. The van der Waals surface area contributed by atoms with E-state index in [1.54, 1.807) is 12.4 Å². The third kappa shape index (κ3) is 3.56. The van der Waals surface area contributed by atoms with Gasteiger partial charge in [0.05, 0.1) is 18.1 Å². The van der Waals surface area contributed by atoms with Gasteiger partial charge in [-0.25, -0.2) is 14.8 Å². The number of nitrogens with zero attached hydrogens (tertiary/aromatic N) is 3. The van der Waals surface area contributed by atoms with Crippen molar-refractivity contribution >= 4 is 17.7 Å². The van der Waals surface area contributed by atoms with Crippen LogP contribution in [0.4, 0.5) is 16.4 Å². The van der Waals surface area contributed by atoms with Gasteiger partial charge in [-0.1, -0.05) is 6.42 Å². The second-order valence-corrected chi connectivity index (χ2v) is 5.24. The molecule has 0 aromatic carbocycles. The van der Waals surface area contributed by atoms with E-state index in [2.05, 4.69) is 27.5 Å². The van der Waals surface area contributed by atoms with Gasteiger partial charge < -0.3 is 15.5 Å². The Morgan fingerprint density at radius 2 is 2.00 bits per heavy atom. The highest BCUT2D eigenvalue weighted by molar-refractivity contribution is 5.89. The molecule has 1 aliphatic rings. The van der Waals surface area contributed by atoms with E-state index in [0.717, 1.165) is 0 Å². The van der Waals surface area contributed by atoms with Crippen molar-refractivity contribution in [3.05, 3.63) is 12.4 Å². The maximum atomic E-state index is 11.8. The Kier molecular flexibility index (Phi) is 4.19. The standard InChI is InChI=1S/C13H21N5O/c1-9(10-5-4-6-10)16-13(19)17-11-7-14-12(15-8-11)18(2)3/h7-10H,4-6H2,1-3H3,(H2,16,17,19)/t9-/m0/s1. The molecule has 1 atom stereocenters. The molecule has 1 aromatic rings. The third-order valence-corrected chi connectivity index (χ3v) is 3.51. The van der Waals surface area contributed by atoms with Crippen LogP contribution in [0.25, 0.3) is 0 Å². The fourth-order valence-electron chi connectivity index (χ4n) is 2.05. The highest BCUT2D eigenvalue weighted by Gasteiger charge is 2.24. The molecule has 104 valence electrons. The Morgan fingerprint density at radius 1 is 1.37 bits per heavy atom. The number of aromatic nitrogens is 2. The summed E-state index contributed by atoms with van der Waals surface area (Å²) in [5, 5.41) is 5.70. The number of rotatable bonds is 4. The Balaban J connectivity index is 1.84. The second kappa shape index (κ2) is 5.86. The predicted octanol–water partition coefficient (Wildman–Crippen LogP) is 1.85. The van der Waals surface area contributed by atoms with E-state index in [1.165, 1.54) is 19.3 Å². The molecular weight excluding hydrogens is 242 g/mol. The molecule has 0 saturated heterocycles. The average Bonchev–Trinajstić information content (AvgIpc) is 2.26. The zero-order valence-electron chi connectivity index (χ0n) is 11.7. The molecule has 1 heterocycles. The SMILES string of the molecule is C[C@H](NC(=O)Nc1cnc(N(C)C)nc1)C1CCC1. The van der Waals surface area contributed by atoms with E-state index in [4.69, 9.17) is 0 Å². The van der Waals surface area contributed by atoms with Crippen molar-refractivity contribution in [2.45, 2.75) is 32.2 Å². The summed E-state index contributed by atoms with van der Waals surface area (Å²) in [6, 6.07) is 0.0244. The number of hydrogen-bond acceptors (Lipinski definition) is 4. The Morgan fingerprint density at radius 3 is 2.47 bits per heavy atom. The highest BCUT2D eigenvalue weighted by Crippen LogP contribution is 2.29. The van der Waals surface area contributed by atoms with Crippen LogP contribution < -0.4 is 15.5 Å². The molecule has 19 heavy (non-hydrogen) atoms. The molecule has 1 fully saturated rings. The van der Waals surface area contributed by atoms with Crippen molar-refractivity contribution in [3.8, 4) is 0 Å². The van der Waals surface area contributed by atoms with Crippen LogP contribution in [0.5, 0.6) is 0 Å². The zero-order chi connectivity index (χ0) is 13.8. The molecule has 0 unspecified atom stereocenters. The Labute approximate surface area is 113 Å². The first kappa shape index (κ1) is 13.6. The van der Waals surface area contributed by atoms with Crippen LogP contribution in [0, 0.1) is 5.92 Å². The third-order valence-electron chi connectivity index (χ3n) is 3.51. The normalized spacial score (nSPS) is 16.4. The van der Waals surface area contributed by atoms with Crippen LogP contribution in [-0.4, -0.2) is 36.1 Å². The minimum atomic E-state index is -0.194. The minimum Gasteiger partial charge on any atom is -0.347 e. The van der Waals surface area contributed by atoms with Gasteiger partial charge in [-0.15, -0.1) is 0 Å². The molecule has 1 aliphatic carbocycles. The van der Waals surface area contributed by atoms with E-state index in [1.807, 2.05) is 19.0 Å². The van der Waals surface area contributed by atoms with Crippen molar-refractivity contribution in [3.63, 3.8) is 0 Å². The van der Waals surface area contributed by atoms with E-state index in [-0.39, 0.29) is 12.1 Å². The maximum absolute atomic E-state index is 11.8. The first-order valence-electron chi connectivity index (χ1n) is 6.63. The van der Waals surface area contributed by atoms with Gasteiger partial charge in [0, 0.05) is 20.1 Å². The lowest BCUT2D eigenvalue weighted by Crippen LogP contribution is -2.42. The summed E-state index contributed by atoms with van der Waals surface area (Å²) in [7, 11) is 3.74. The molecule has 0 spiro atoms. The van der Waals surface area contributed by atoms with Crippen molar-refractivity contribution in [2.75, 3.05) is 24.3 Å². The molecule has 0 radical (unpaired) electrons. The summed E-state index contributed by atoms with van der Waals surface area (Å²) in [4.78, 5) is 21.9. The number of hydrogen-bond donors (Lipinski definition) is 2. The van der Waals surface area contributed by atoms with E-state index >= 15 is 0 Å². The zero-order valence-corrected chi connectivity index (χ0v) is 11.7. The number of urea groups is 1. The molecule has 6 heteroatoms. The molecule has 2 rings (SSSR count). The van der Waals surface area contributed by atoms with Gasteiger partial charge in [-0.05, 0) is 25.7 Å². The minimum absolute atomic E-state index is 0.194. The summed E-state index contributed by atoms with van der Waals surface area (Å²) < 4.78 is 0. The van der Waals surface area contributed by atoms with E-state index in [0.29, 0.717) is 17.6 Å². The number of amides is 2. The molecule has 1 aromatic heterocycles. The van der Waals surface area contributed by atoms with Crippen LogP contribution in [0.15, 0.2) is 12.4 Å². The van der Waals surface area contributed by atoms with Gasteiger partial charge in [0.1, 0.15) is 0 Å². The molecule has 2 N–H and O–H groups in total. The highest BCUT2D eigenvalue weighted by atomic mass is 16.2. The van der Waals surface area contributed by atoms with Gasteiger partial charge in [-0.3, -0.25) is 0 Å². The fourth-order valence-corrected chi connectivity index (χ4v) is 2.05. The number of carbonyl (C=O) groups excluding carboxylic acids is 1. The van der Waals surface area contributed by atoms with Crippen molar-refractivity contribution in [1.29, 1.82) is 0 Å². The molecule has 0 aliphatic heterocycles. The van der Waals surface area contributed by atoms with Crippen LogP contribution in [0.3, 0.4) is 0 Å². The van der Waals surface area contributed by atoms with Crippen LogP contribution in [-0.2, 0) is 0 Å². The molecular formula is C13H21N5O. The smallest absolute Gasteiger partial charge is 0.319 e. The number of carbonyl (C=O) groups is 1. The Hall–Kier alpha value is -1.85. The number of anilines is 2. The van der Waals surface area contributed by atoms with Gasteiger partial charge in [-0.2, -0.15) is 0 Å². The molecule has 6 nitrogen and oxygen atoms in total. The Bertz CT molecular complexity index is 427. The van der Waals surface area contributed by atoms with Gasteiger partial charge in [0.2, 0.25) is 5.95 Å². The topological polar surface area (TPSA) is 70.2 Å². The summed E-state index contributed by atoms with van der Waals surface area (Å²) in [5.41, 5.74) is 0.601. The molecule has 0 bridgehead atoms. The molecule has 1 saturated carbocycles. The van der Waals surface area contributed by atoms with E-state index in [9.17, 15) is 4.79 Å². The second-order valence-electron chi connectivity index (χ2n) is 5.24.